The monoisotopic (exact) mass is 396 g/mol. The van der Waals surface area contributed by atoms with Gasteiger partial charge in [-0.15, -0.1) is 0 Å². The van der Waals surface area contributed by atoms with Gasteiger partial charge in [-0.05, 0) is 50.4 Å². The molecule has 0 saturated carbocycles. The van der Waals surface area contributed by atoms with E-state index in [9.17, 15) is 19.2 Å². The smallest absolute Gasteiger partial charge is 0.262 e. The molecule has 5 rings (SSSR count). The number of nitrogens with zero attached hydrogens (tertiary/aromatic N) is 2. The highest BCUT2D eigenvalue weighted by Crippen LogP contribution is 2.31. The summed E-state index contributed by atoms with van der Waals surface area (Å²) in [6, 6.07) is 2.12. The van der Waals surface area contributed by atoms with E-state index in [4.69, 9.17) is 4.42 Å². The van der Waals surface area contributed by atoms with E-state index in [1.807, 2.05) is 0 Å². The number of piperidine rings is 2. The first-order chi connectivity index (χ1) is 14.0. The van der Waals surface area contributed by atoms with Crippen LogP contribution >= 0.6 is 0 Å². The van der Waals surface area contributed by atoms with Crippen LogP contribution in [0.15, 0.2) is 16.5 Å². The average molecular weight is 396 g/mol. The van der Waals surface area contributed by atoms with Gasteiger partial charge in [0.05, 0.1) is 11.1 Å². The molecule has 2 saturated heterocycles. The van der Waals surface area contributed by atoms with Crippen molar-refractivity contribution in [3.8, 4) is 0 Å². The number of fused-ring (bicyclic) bond motifs is 2. The highest BCUT2D eigenvalue weighted by Gasteiger charge is 2.45. The van der Waals surface area contributed by atoms with Gasteiger partial charge in [0.2, 0.25) is 11.8 Å². The third-order valence-corrected chi connectivity index (χ3v) is 5.91. The second kappa shape index (κ2) is 6.77. The Morgan fingerprint density at radius 1 is 1.03 bits per heavy atom. The largest absolute Gasteiger partial charge is 0.441 e. The minimum absolute atomic E-state index is 0.0910. The van der Waals surface area contributed by atoms with Crippen LogP contribution in [-0.4, -0.2) is 52.6 Å². The lowest BCUT2D eigenvalue weighted by Crippen LogP contribution is -2.54. The number of oxazole rings is 1. The Balaban J connectivity index is 1.43. The molecular weight excluding hydrogens is 376 g/mol. The van der Waals surface area contributed by atoms with Gasteiger partial charge in [0, 0.05) is 12.8 Å². The molecule has 4 amide bonds. The van der Waals surface area contributed by atoms with Crippen LogP contribution in [0, 0.1) is 5.92 Å². The van der Waals surface area contributed by atoms with Crippen molar-refractivity contribution >= 4 is 34.7 Å². The van der Waals surface area contributed by atoms with Crippen LogP contribution in [0.3, 0.4) is 0 Å². The molecule has 0 aliphatic carbocycles. The highest BCUT2D eigenvalue weighted by atomic mass is 16.3. The fourth-order valence-corrected chi connectivity index (χ4v) is 4.36. The first kappa shape index (κ1) is 18.0. The average Bonchev–Trinajstić information content (AvgIpc) is 3.20. The molecule has 2 N–H and O–H groups in total. The summed E-state index contributed by atoms with van der Waals surface area (Å²) >= 11 is 0. The zero-order chi connectivity index (χ0) is 20.1. The fraction of sp³-hybridized carbons (Fsp3) is 0.450. The molecule has 2 fully saturated rings. The lowest BCUT2D eigenvalue weighted by atomic mass is 9.95. The standard InChI is InChI=1S/C20H20N4O5/c25-16-2-1-14(18(26)23-16)24-19(27)11-8-13-15(9-12(11)20(24)28)29-17(22-13)7-10-3-5-21-6-4-10/h8-10,14,21H,1-7H2,(H,23,25,26)/t14-/m0/s1. The Morgan fingerprint density at radius 2 is 1.76 bits per heavy atom. The molecule has 3 aliphatic rings. The second-order valence-electron chi connectivity index (χ2n) is 7.82. The third-order valence-electron chi connectivity index (χ3n) is 5.91. The molecular formula is C20H20N4O5. The van der Waals surface area contributed by atoms with Gasteiger partial charge in [0.15, 0.2) is 11.5 Å². The molecule has 29 heavy (non-hydrogen) atoms. The molecule has 0 radical (unpaired) electrons. The van der Waals surface area contributed by atoms with Crippen molar-refractivity contribution in [1.82, 2.24) is 20.5 Å². The zero-order valence-electron chi connectivity index (χ0n) is 15.7. The lowest BCUT2D eigenvalue weighted by Gasteiger charge is -2.27. The van der Waals surface area contributed by atoms with Gasteiger partial charge in [-0.2, -0.15) is 0 Å². The summed E-state index contributed by atoms with van der Waals surface area (Å²) in [7, 11) is 0. The molecule has 3 aliphatic heterocycles. The van der Waals surface area contributed by atoms with E-state index in [1.54, 1.807) is 6.07 Å². The summed E-state index contributed by atoms with van der Waals surface area (Å²) in [5.41, 5.74) is 1.41. The van der Waals surface area contributed by atoms with Crippen LogP contribution in [0.1, 0.15) is 52.3 Å². The summed E-state index contributed by atoms with van der Waals surface area (Å²) in [6.45, 7) is 1.97. The van der Waals surface area contributed by atoms with Crippen molar-refractivity contribution in [3.63, 3.8) is 0 Å². The predicted molar refractivity (Wildman–Crippen MR) is 100.0 cm³/mol. The Hall–Kier alpha value is -3.07. The van der Waals surface area contributed by atoms with Gasteiger partial charge in [-0.1, -0.05) is 0 Å². The Morgan fingerprint density at radius 3 is 2.48 bits per heavy atom. The van der Waals surface area contributed by atoms with E-state index in [0.717, 1.165) is 37.3 Å². The minimum atomic E-state index is -0.977. The number of benzene rings is 1. The maximum absolute atomic E-state index is 12.9. The van der Waals surface area contributed by atoms with E-state index < -0.39 is 29.7 Å². The quantitative estimate of drug-likeness (QED) is 0.735. The zero-order valence-corrected chi connectivity index (χ0v) is 15.7. The maximum Gasteiger partial charge on any atom is 0.262 e. The van der Waals surface area contributed by atoms with Crippen LogP contribution in [0.25, 0.3) is 11.1 Å². The van der Waals surface area contributed by atoms with Crippen molar-refractivity contribution in [1.29, 1.82) is 0 Å². The van der Waals surface area contributed by atoms with Gasteiger partial charge in [0.25, 0.3) is 11.8 Å². The van der Waals surface area contributed by atoms with Crippen LogP contribution in [0.5, 0.6) is 0 Å². The van der Waals surface area contributed by atoms with Crippen LogP contribution in [0.2, 0.25) is 0 Å². The number of hydrogen-bond donors (Lipinski definition) is 2. The van der Waals surface area contributed by atoms with Gasteiger partial charge >= 0.3 is 0 Å². The Kier molecular flexibility index (Phi) is 4.20. The van der Waals surface area contributed by atoms with E-state index in [0.29, 0.717) is 22.9 Å². The van der Waals surface area contributed by atoms with Gasteiger partial charge in [-0.25, -0.2) is 4.98 Å². The highest BCUT2D eigenvalue weighted by molar-refractivity contribution is 6.24. The van der Waals surface area contributed by atoms with Crippen molar-refractivity contribution in [3.05, 3.63) is 29.2 Å². The summed E-state index contributed by atoms with van der Waals surface area (Å²) in [5, 5.41) is 5.51. The van der Waals surface area contributed by atoms with Crippen LogP contribution in [0.4, 0.5) is 0 Å². The fourth-order valence-electron chi connectivity index (χ4n) is 4.36. The molecule has 0 unspecified atom stereocenters. The van der Waals surface area contributed by atoms with E-state index in [-0.39, 0.29) is 24.0 Å². The predicted octanol–water partition coefficient (Wildman–Crippen LogP) is 0.771. The van der Waals surface area contributed by atoms with Gasteiger partial charge in [0.1, 0.15) is 11.6 Å². The van der Waals surface area contributed by atoms with E-state index >= 15 is 0 Å². The molecule has 0 bridgehead atoms. The number of nitrogens with one attached hydrogen (secondary N) is 2. The molecule has 1 atom stereocenters. The van der Waals surface area contributed by atoms with Crippen LogP contribution in [-0.2, 0) is 16.0 Å². The number of amides is 4. The maximum atomic E-state index is 12.9. The van der Waals surface area contributed by atoms with E-state index in [2.05, 4.69) is 15.6 Å². The molecule has 4 heterocycles. The Bertz CT molecular complexity index is 1000. The molecule has 9 heteroatoms. The molecule has 0 spiro atoms. The second-order valence-corrected chi connectivity index (χ2v) is 7.82. The first-order valence-corrected chi connectivity index (χ1v) is 9.87. The molecule has 150 valence electrons. The number of imide groups is 2. The number of hydrogen-bond acceptors (Lipinski definition) is 7. The van der Waals surface area contributed by atoms with Crippen molar-refractivity contribution < 1.29 is 23.6 Å². The number of carbonyl (C=O) groups excluding carboxylic acids is 4. The summed E-state index contributed by atoms with van der Waals surface area (Å²) in [4.78, 5) is 54.7. The Labute approximate surface area is 165 Å². The van der Waals surface area contributed by atoms with Gasteiger partial charge < -0.3 is 9.73 Å². The normalized spacial score (nSPS) is 23.0. The number of carbonyl (C=O) groups is 4. The third kappa shape index (κ3) is 3.02. The first-order valence-electron chi connectivity index (χ1n) is 9.87. The topological polar surface area (TPSA) is 122 Å². The van der Waals surface area contributed by atoms with Crippen molar-refractivity contribution in [2.45, 2.75) is 38.1 Å². The molecule has 1 aromatic carbocycles. The number of rotatable bonds is 3. The molecule has 9 nitrogen and oxygen atoms in total. The van der Waals surface area contributed by atoms with Gasteiger partial charge in [-0.3, -0.25) is 29.4 Å². The van der Waals surface area contributed by atoms with Crippen molar-refractivity contribution in [2.75, 3.05) is 13.1 Å². The molecule has 1 aromatic heterocycles. The summed E-state index contributed by atoms with van der Waals surface area (Å²) in [6.07, 6.45) is 3.07. The molecule has 2 aromatic rings. The van der Waals surface area contributed by atoms with Crippen LogP contribution < -0.4 is 10.6 Å². The number of aromatic nitrogens is 1. The lowest BCUT2D eigenvalue weighted by molar-refractivity contribution is -0.136. The minimum Gasteiger partial charge on any atom is -0.441 e. The summed E-state index contributed by atoms with van der Waals surface area (Å²) in [5.74, 6) is -0.991. The summed E-state index contributed by atoms with van der Waals surface area (Å²) < 4.78 is 5.86. The van der Waals surface area contributed by atoms with Crippen molar-refractivity contribution in [2.24, 2.45) is 5.92 Å². The van der Waals surface area contributed by atoms with E-state index in [1.165, 1.54) is 6.07 Å². The SMILES string of the molecule is O=C1CC[C@H](N2C(=O)c3cc4nc(CC5CCNCC5)oc4cc3C2=O)C(=O)N1.